The molecular formula is C14H16. The van der Waals surface area contributed by atoms with E-state index in [2.05, 4.69) is 49.6 Å². The van der Waals surface area contributed by atoms with E-state index in [1.807, 2.05) is 12.2 Å². The molecule has 14 heavy (non-hydrogen) atoms. The van der Waals surface area contributed by atoms with E-state index in [4.69, 9.17) is 0 Å². The summed E-state index contributed by atoms with van der Waals surface area (Å²) in [5.74, 6) is 0. The van der Waals surface area contributed by atoms with Gasteiger partial charge >= 0.3 is 0 Å². The van der Waals surface area contributed by atoms with Gasteiger partial charge in [0.1, 0.15) is 0 Å². The molecule has 72 valence electrons. The summed E-state index contributed by atoms with van der Waals surface area (Å²) < 4.78 is 0. The Morgan fingerprint density at radius 1 is 1.07 bits per heavy atom. The van der Waals surface area contributed by atoms with Gasteiger partial charge in [-0.05, 0) is 24.0 Å². The second-order valence-electron chi connectivity index (χ2n) is 3.12. The van der Waals surface area contributed by atoms with Gasteiger partial charge < -0.3 is 0 Å². The fourth-order valence-corrected chi connectivity index (χ4v) is 1.33. The first kappa shape index (κ1) is 10.5. The third-order valence-electron chi connectivity index (χ3n) is 2.02. The van der Waals surface area contributed by atoms with Gasteiger partial charge in [0.25, 0.3) is 0 Å². The molecule has 1 aromatic rings. The highest BCUT2D eigenvalue weighted by molar-refractivity contribution is 5.54. The lowest BCUT2D eigenvalue weighted by Gasteiger charge is -2.01. The summed E-state index contributed by atoms with van der Waals surface area (Å²) in [7, 11) is 0. The van der Waals surface area contributed by atoms with Crippen molar-refractivity contribution in [2.45, 2.75) is 12.8 Å². The summed E-state index contributed by atoms with van der Waals surface area (Å²) in [6, 6.07) is 8.37. The normalized spacial score (nSPS) is 10.3. The highest BCUT2D eigenvalue weighted by Gasteiger charge is 1.94. The molecule has 0 saturated heterocycles. The fraction of sp³-hybridized carbons (Fsp3) is 0.143. The van der Waals surface area contributed by atoms with E-state index in [1.54, 1.807) is 0 Å². The molecule has 0 aliphatic heterocycles. The van der Waals surface area contributed by atoms with Gasteiger partial charge in [-0.15, -0.1) is 13.2 Å². The van der Waals surface area contributed by atoms with E-state index in [0.29, 0.717) is 0 Å². The molecule has 0 fully saturated rings. The Morgan fingerprint density at radius 3 is 2.57 bits per heavy atom. The first-order valence-electron chi connectivity index (χ1n) is 4.84. The van der Waals surface area contributed by atoms with Gasteiger partial charge in [0.2, 0.25) is 0 Å². The lowest BCUT2D eigenvalue weighted by Crippen LogP contribution is -1.85. The molecule has 0 nitrogen and oxygen atoms in total. The summed E-state index contributed by atoms with van der Waals surface area (Å²) in [6.07, 6.45) is 9.93. The summed E-state index contributed by atoms with van der Waals surface area (Å²) >= 11 is 0. The van der Waals surface area contributed by atoms with Crippen LogP contribution in [0.5, 0.6) is 0 Å². The van der Waals surface area contributed by atoms with E-state index in [1.165, 1.54) is 11.1 Å². The molecule has 0 heteroatoms. The van der Waals surface area contributed by atoms with Gasteiger partial charge in [0.05, 0.1) is 0 Å². The second-order valence-corrected chi connectivity index (χ2v) is 3.12. The first-order chi connectivity index (χ1) is 6.88. The van der Waals surface area contributed by atoms with E-state index in [9.17, 15) is 0 Å². The Bertz CT molecular complexity index is 332. The SMILES string of the molecule is C=CCC=Cc1ccccc1CC=C. The predicted molar refractivity (Wildman–Crippen MR) is 64.2 cm³/mol. The number of hydrogen-bond acceptors (Lipinski definition) is 0. The maximum absolute atomic E-state index is 3.75. The van der Waals surface area contributed by atoms with Crippen LogP contribution in [-0.2, 0) is 6.42 Å². The quantitative estimate of drug-likeness (QED) is 0.607. The van der Waals surface area contributed by atoms with E-state index < -0.39 is 0 Å². The highest BCUT2D eigenvalue weighted by Crippen LogP contribution is 2.12. The Kier molecular flexibility index (Phi) is 4.49. The molecule has 0 N–H and O–H groups in total. The van der Waals surface area contributed by atoms with Crippen LogP contribution in [0.15, 0.2) is 55.7 Å². The fourth-order valence-electron chi connectivity index (χ4n) is 1.33. The topological polar surface area (TPSA) is 0 Å². The molecule has 0 spiro atoms. The first-order valence-corrected chi connectivity index (χ1v) is 4.84. The molecule has 0 heterocycles. The highest BCUT2D eigenvalue weighted by atomic mass is 14.0. The van der Waals surface area contributed by atoms with Crippen LogP contribution in [0.25, 0.3) is 6.08 Å². The minimum atomic E-state index is 0.919. The molecule has 0 aliphatic carbocycles. The zero-order chi connectivity index (χ0) is 10.2. The predicted octanol–water partition coefficient (Wildman–Crippen LogP) is 4.00. The second kappa shape index (κ2) is 5.98. The molecule has 1 rings (SSSR count). The third kappa shape index (κ3) is 3.06. The van der Waals surface area contributed by atoms with Crippen LogP contribution in [0.1, 0.15) is 17.5 Å². The smallest absolute Gasteiger partial charge is 0.00942 e. The van der Waals surface area contributed by atoms with Gasteiger partial charge in [-0.3, -0.25) is 0 Å². The van der Waals surface area contributed by atoms with Crippen molar-refractivity contribution in [3.8, 4) is 0 Å². The van der Waals surface area contributed by atoms with Crippen LogP contribution in [0.2, 0.25) is 0 Å². The molecule has 0 unspecified atom stereocenters. The van der Waals surface area contributed by atoms with Gasteiger partial charge in [0, 0.05) is 0 Å². The minimum Gasteiger partial charge on any atom is -0.103 e. The summed E-state index contributed by atoms with van der Waals surface area (Å²) in [6.45, 7) is 7.44. The van der Waals surface area contributed by atoms with Crippen molar-refractivity contribution in [3.05, 3.63) is 66.8 Å². The summed E-state index contributed by atoms with van der Waals surface area (Å²) in [4.78, 5) is 0. The number of allylic oxidation sites excluding steroid dienone is 3. The maximum atomic E-state index is 3.75. The van der Waals surface area contributed by atoms with Crippen molar-refractivity contribution in [3.63, 3.8) is 0 Å². The van der Waals surface area contributed by atoms with Gasteiger partial charge in [-0.1, -0.05) is 48.6 Å². The van der Waals surface area contributed by atoms with E-state index in [-0.39, 0.29) is 0 Å². The van der Waals surface area contributed by atoms with Crippen LogP contribution in [0.3, 0.4) is 0 Å². The average molecular weight is 184 g/mol. The van der Waals surface area contributed by atoms with E-state index >= 15 is 0 Å². The van der Waals surface area contributed by atoms with Crippen LogP contribution in [0, 0.1) is 0 Å². The molecule has 0 aromatic heterocycles. The zero-order valence-electron chi connectivity index (χ0n) is 8.45. The lowest BCUT2D eigenvalue weighted by molar-refractivity contribution is 1.26. The molecular weight excluding hydrogens is 168 g/mol. The Morgan fingerprint density at radius 2 is 1.86 bits per heavy atom. The Labute approximate surface area is 86.3 Å². The monoisotopic (exact) mass is 184 g/mol. The summed E-state index contributed by atoms with van der Waals surface area (Å²) in [5.41, 5.74) is 2.59. The zero-order valence-corrected chi connectivity index (χ0v) is 8.45. The van der Waals surface area contributed by atoms with Crippen LogP contribution in [0.4, 0.5) is 0 Å². The summed E-state index contributed by atoms with van der Waals surface area (Å²) in [5, 5.41) is 0. The molecule has 0 saturated carbocycles. The van der Waals surface area contributed by atoms with E-state index in [0.717, 1.165) is 12.8 Å². The van der Waals surface area contributed by atoms with Crippen molar-refractivity contribution in [1.29, 1.82) is 0 Å². The van der Waals surface area contributed by atoms with Crippen LogP contribution < -0.4 is 0 Å². The molecule has 0 bridgehead atoms. The van der Waals surface area contributed by atoms with Crippen LogP contribution >= 0.6 is 0 Å². The van der Waals surface area contributed by atoms with Crippen molar-refractivity contribution < 1.29 is 0 Å². The standard InChI is InChI=1S/C14H16/c1-3-5-6-10-14-12-8-7-11-13(14)9-4-2/h3-4,6-8,10-12H,1-2,5,9H2. The molecule has 0 aliphatic rings. The van der Waals surface area contributed by atoms with Gasteiger partial charge in [0.15, 0.2) is 0 Å². The third-order valence-corrected chi connectivity index (χ3v) is 2.02. The number of benzene rings is 1. The Hall–Kier alpha value is -1.56. The van der Waals surface area contributed by atoms with Gasteiger partial charge in [-0.2, -0.15) is 0 Å². The molecule has 0 amide bonds. The average Bonchev–Trinajstić information content (AvgIpc) is 2.21. The number of hydrogen-bond donors (Lipinski definition) is 0. The molecule has 1 aromatic carbocycles. The molecule has 0 radical (unpaired) electrons. The largest absolute Gasteiger partial charge is 0.103 e. The lowest BCUT2D eigenvalue weighted by atomic mass is 10.0. The van der Waals surface area contributed by atoms with Crippen molar-refractivity contribution in [2.75, 3.05) is 0 Å². The van der Waals surface area contributed by atoms with Crippen molar-refractivity contribution in [2.24, 2.45) is 0 Å². The van der Waals surface area contributed by atoms with Crippen LogP contribution in [-0.4, -0.2) is 0 Å². The maximum Gasteiger partial charge on any atom is -0.00942 e. The van der Waals surface area contributed by atoms with Crippen molar-refractivity contribution in [1.82, 2.24) is 0 Å². The van der Waals surface area contributed by atoms with Gasteiger partial charge in [-0.25, -0.2) is 0 Å². The van der Waals surface area contributed by atoms with Crippen molar-refractivity contribution >= 4 is 6.08 Å². The Balaban J connectivity index is 2.83. The minimum absolute atomic E-state index is 0.919. The molecule has 0 atom stereocenters. The number of rotatable bonds is 5.